The highest BCUT2D eigenvalue weighted by molar-refractivity contribution is 6.03. The fourth-order valence-corrected chi connectivity index (χ4v) is 1.81. The first-order valence-electron chi connectivity index (χ1n) is 5.49. The summed E-state index contributed by atoms with van der Waals surface area (Å²) < 4.78 is 0. The Balaban J connectivity index is 3.40. The highest BCUT2D eigenvalue weighted by Crippen LogP contribution is 2.23. The maximum atomic E-state index is 12.2. The third-order valence-corrected chi connectivity index (χ3v) is 3.02. The van der Waals surface area contributed by atoms with Crippen molar-refractivity contribution >= 4 is 11.8 Å². The van der Waals surface area contributed by atoms with E-state index in [1.54, 1.807) is 46.2 Å². The van der Waals surface area contributed by atoms with Crippen molar-refractivity contribution in [1.29, 1.82) is 0 Å². The summed E-state index contributed by atoms with van der Waals surface area (Å²) in [4.78, 5) is 27.2. The largest absolute Gasteiger partial charge is 0.330 e. The number of amides is 2. The molecule has 0 spiro atoms. The number of nitrogens with zero attached hydrogens (tertiary/aromatic N) is 2. The molecule has 1 unspecified atom stereocenters. The number of hydrogen-bond acceptors (Lipinski definition) is 2. The van der Waals surface area contributed by atoms with E-state index in [2.05, 4.69) is 6.58 Å². The molecule has 0 radical (unpaired) electrons. The van der Waals surface area contributed by atoms with E-state index >= 15 is 0 Å². The minimum absolute atomic E-state index is 0.106. The van der Waals surface area contributed by atoms with Crippen molar-refractivity contribution in [3.63, 3.8) is 0 Å². The standard InChI is InChI=1S/C13H18N2O2/c1-6-8-11-10(7-2)13(17)14(4)9(3)12(16)15(11)5/h6-9H,1H2,2-5H3/b10-7+,11-8+. The van der Waals surface area contributed by atoms with Gasteiger partial charge in [0, 0.05) is 14.1 Å². The first kappa shape index (κ1) is 13.2. The zero-order chi connectivity index (χ0) is 13.2. The van der Waals surface area contributed by atoms with Crippen molar-refractivity contribution in [1.82, 2.24) is 9.80 Å². The van der Waals surface area contributed by atoms with Crippen molar-refractivity contribution in [2.45, 2.75) is 19.9 Å². The summed E-state index contributed by atoms with van der Waals surface area (Å²) in [5.74, 6) is -0.253. The zero-order valence-electron chi connectivity index (χ0n) is 10.7. The van der Waals surface area contributed by atoms with Crippen molar-refractivity contribution < 1.29 is 9.59 Å². The van der Waals surface area contributed by atoms with Gasteiger partial charge in [-0.3, -0.25) is 9.59 Å². The van der Waals surface area contributed by atoms with Crippen LogP contribution in [-0.2, 0) is 9.59 Å². The third-order valence-electron chi connectivity index (χ3n) is 3.02. The Morgan fingerprint density at radius 2 is 1.88 bits per heavy atom. The van der Waals surface area contributed by atoms with Crippen molar-refractivity contribution in [3.05, 3.63) is 36.1 Å². The Morgan fingerprint density at radius 3 is 2.35 bits per heavy atom. The van der Waals surface area contributed by atoms with Gasteiger partial charge in [0.1, 0.15) is 6.04 Å². The molecule has 0 N–H and O–H groups in total. The van der Waals surface area contributed by atoms with Crippen LogP contribution in [0, 0.1) is 0 Å². The Kier molecular flexibility index (Phi) is 3.89. The highest BCUT2D eigenvalue weighted by Gasteiger charge is 2.34. The maximum absolute atomic E-state index is 12.2. The molecular weight excluding hydrogens is 216 g/mol. The number of rotatable bonds is 1. The van der Waals surface area contributed by atoms with Crippen LogP contribution >= 0.6 is 0 Å². The summed E-state index contributed by atoms with van der Waals surface area (Å²) in [5.41, 5.74) is 1.11. The lowest BCUT2D eigenvalue weighted by Crippen LogP contribution is -2.42. The normalized spacial score (nSPS) is 26.7. The number of carbonyl (C=O) groups excluding carboxylic acids is 2. The first-order valence-corrected chi connectivity index (χ1v) is 5.49. The lowest BCUT2D eigenvalue weighted by atomic mass is 10.1. The van der Waals surface area contributed by atoms with Gasteiger partial charge in [0.2, 0.25) is 5.91 Å². The van der Waals surface area contributed by atoms with Gasteiger partial charge < -0.3 is 9.80 Å². The van der Waals surface area contributed by atoms with Gasteiger partial charge in [-0.1, -0.05) is 18.7 Å². The monoisotopic (exact) mass is 234 g/mol. The minimum atomic E-state index is -0.460. The molecular formula is C13H18N2O2. The molecule has 0 aromatic carbocycles. The topological polar surface area (TPSA) is 40.6 Å². The Hall–Kier alpha value is -1.84. The molecule has 1 saturated heterocycles. The molecule has 2 amide bonds. The second-order valence-corrected chi connectivity index (χ2v) is 3.98. The predicted molar refractivity (Wildman–Crippen MR) is 67.0 cm³/mol. The average Bonchev–Trinajstić information content (AvgIpc) is 2.38. The van der Waals surface area contributed by atoms with Crippen LogP contribution in [0.3, 0.4) is 0 Å². The van der Waals surface area contributed by atoms with E-state index in [9.17, 15) is 9.59 Å². The number of carbonyl (C=O) groups is 2. The van der Waals surface area contributed by atoms with Gasteiger partial charge in [-0.2, -0.15) is 0 Å². The lowest BCUT2D eigenvalue weighted by Gasteiger charge is -2.22. The third kappa shape index (κ3) is 2.16. The fourth-order valence-electron chi connectivity index (χ4n) is 1.81. The molecule has 92 valence electrons. The molecule has 0 saturated carbocycles. The molecule has 1 aliphatic rings. The summed E-state index contributed by atoms with van der Waals surface area (Å²) in [6.45, 7) is 7.12. The molecule has 0 aromatic heterocycles. The molecule has 1 aliphatic heterocycles. The minimum Gasteiger partial charge on any atom is -0.330 e. The summed E-state index contributed by atoms with van der Waals surface area (Å²) in [5, 5.41) is 0. The van der Waals surface area contributed by atoms with Crippen LogP contribution < -0.4 is 0 Å². The molecule has 0 aliphatic carbocycles. The van der Waals surface area contributed by atoms with E-state index in [4.69, 9.17) is 0 Å². The SMILES string of the molecule is C=C/C=C1\C(=C/C)C(=O)N(C)C(C)C(=O)N1C. The molecule has 4 heteroatoms. The molecule has 1 rings (SSSR count). The first-order chi connectivity index (χ1) is 7.95. The summed E-state index contributed by atoms with van der Waals surface area (Å²) in [6, 6.07) is -0.460. The van der Waals surface area contributed by atoms with Gasteiger partial charge in [-0.05, 0) is 19.9 Å². The predicted octanol–water partition coefficient (Wildman–Crippen LogP) is 1.32. The Bertz CT molecular complexity index is 421. The van der Waals surface area contributed by atoms with Gasteiger partial charge in [0.15, 0.2) is 0 Å². The van der Waals surface area contributed by atoms with Gasteiger partial charge in [-0.25, -0.2) is 0 Å². The van der Waals surface area contributed by atoms with Crippen LogP contribution in [0.2, 0.25) is 0 Å². The number of likely N-dealkylation sites (N-methyl/N-ethyl adjacent to an activating group) is 2. The lowest BCUT2D eigenvalue weighted by molar-refractivity contribution is -0.137. The van der Waals surface area contributed by atoms with E-state index in [-0.39, 0.29) is 11.8 Å². The maximum Gasteiger partial charge on any atom is 0.256 e. The van der Waals surface area contributed by atoms with E-state index in [1.807, 2.05) is 0 Å². The molecule has 0 aromatic rings. The number of allylic oxidation sites excluding steroid dienone is 3. The molecule has 1 fully saturated rings. The van der Waals surface area contributed by atoms with E-state index in [0.29, 0.717) is 11.3 Å². The van der Waals surface area contributed by atoms with Crippen molar-refractivity contribution in [2.75, 3.05) is 14.1 Å². The zero-order valence-corrected chi connectivity index (χ0v) is 10.7. The van der Waals surface area contributed by atoms with Crippen LogP contribution in [0.1, 0.15) is 13.8 Å². The fraction of sp³-hybridized carbons (Fsp3) is 0.385. The Labute approximate surface area is 102 Å². The van der Waals surface area contributed by atoms with Crippen LogP contribution in [0.15, 0.2) is 36.1 Å². The van der Waals surface area contributed by atoms with Crippen LogP contribution in [-0.4, -0.2) is 41.8 Å². The average molecular weight is 234 g/mol. The molecule has 17 heavy (non-hydrogen) atoms. The van der Waals surface area contributed by atoms with Crippen LogP contribution in [0.4, 0.5) is 0 Å². The van der Waals surface area contributed by atoms with E-state index in [1.165, 1.54) is 9.80 Å². The molecule has 1 heterocycles. The van der Waals surface area contributed by atoms with Gasteiger partial charge in [0.05, 0.1) is 11.3 Å². The van der Waals surface area contributed by atoms with E-state index < -0.39 is 6.04 Å². The number of hydrogen-bond donors (Lipinski definition) is 0. The van der Waals surface area contributed by atoms with Gasteiger partial charge >= 0.3 is 0 Å². The van der Waals surface area contributed by atoms with Crippen LogP contribution in [0.5, 0.6) is 0 Å². The van der Waals surface area contributed by atoms with E-state index in [0.717, 1.165) is 0 Å². The second-order valence-electron chi connectivity index (χ2n) is 3.98. The van der Waals surface area contributed by atoms with Crippen LogP contribution in [0.25, 0.3) is 0 Å². The summed E-state index contributed by atoms with van der Waals surface area (Å²) >= 11 is 0. The smallest absolute Gasteiger partial charge is 0.256 e. The van der Waals surface area contributed by atoms with Gasteiger partial charge in [0.25, 0.3) is 5.91 Å². The van der Waals surface area contributed by atoms with Crippen molar-refractivity contribution in [3.8, 4) is 0 Å². The Morgan fingerprint density at radius 1 is 1.29 bits per heavy atom. The molecule has 1 atom stereocenters. The summed E-state index contributed by atoms with van der Waals surface area (Å²) in [7, 11) is 3.31. The second kappa shape index (κ2) is 4.99. The quantitative estimate of drug-likeness (QED) is 0.642. The highest BCUT2D eigenvalue weighted by atomic mass is 16.2. The molecule has 4 nitrogen and oxygen atoms in total. The van der Waals surface area contributed by atoms with Gasteiger partial charge in [-0.15, -0.1) is 0 Å². The van der Waals surface area contributed by atoms with Crippen molar-refractivity contribution in [2.24, 2.45) is 0 Å². The molecule has 0 bridgehead atoms. The summed E-state index contributed by atoms with van der Waals surface area (Å²) in [6.07, 6.45) is 4.97.